The molecule has 55 heavy (non-hydrogen) atoms. The van der Waals surface area contributed by atoms with Crippen LogP contribution in [0.15, 0.2) is 106 Å². The number of aliphatic hydroxyl groups is 2. The Balaban J connectivity index is 1.14. The summed E-state index contributed by atoms with van der Waals surface area (Å²) in [4.78, 5) is 14.8. The number of Topliss-reactive ketones (excluding diaryl/α,β-unsaturated/α-hetero) is 1. The normalized spacial score (nSPS) is 35.0. The molecular formula is C45H47ClFNO5S2. The van der Waals surface area contributed by atoms with E-state index >= 15 is 4.39 Å². The Bertz CT molecular complexity index is 2360. The maximum Gasteiger partial charge on any atom is 0.252 e. The van der Waals surface area contributed by atoms with E-state index in [9.17, 15) is 23.4 Å². The second-order valence-electron chi connectivity index (χ2n) is 17.5. The topological polar surface area (TPSA) is 94.9 Å². The SMILES string of the molecule is CC12CCC(O)CC13C=CC1(C(C(=O)Cc4c(F)cccc4Cl)=C3)C2CCC2(C)C1CCC2(O)CN(Cc1cccc2ccccc12)S(=O)(=O)c1cccs1. The zero-order valence-corrected chi connectivity index (χ0v) is 33.6. The number of halogens is 2. The van der Waals surface area contributed by atoms with E-state index < -0.39 is 43.8 Å². The van der Waals surface area contributed by atoms with Gasteiger partial charge in [0, 0.05) is 51.9 Å². The summed E-state index contributed by atoms with van der Waals surface area (Å²) in [6, 6.07) is 21.7. The van der Waals surface area contributed by atoms with Crippen LogP contribution in [-0.2, 0) is 27.8 Å². The number of fused-ring (bicyclic) bond motifs is 2. The summed E-state index contributed by atoms with van der Waals surface area (Å²) < 4.78 is 46.1. The predicted octanol–water partition coefficient (Wildman–Crippen LogP) is 9.29. The predicted molar refractivity (Wildman–Crippen MR) is 215 cm³/mol. The first kappa shape index (κ1) is 37.4. The third-order valence-corrected chi connectivity index (χ3v) is 18.7. The lowest BCUT2D eigenvalue weighted by atomic mass is 9.32. The summed E-state index contributed by atoms with van der Waals surface area (Å²) in [5.41, 5.74) is -2.08. The molecule has 2 N–H and O–H groups in total. The summed E-state index contributed by atoms with van der Waals surface area (Å²) in [6.07, 6.45) is 10.2. The van der Waals surface area contributed by atoms with Crippen LogP contribution in [-0.4, -0.2) is 47.0 Å². The van der Waals surface area contributed by atoms with E-state index in [1.165, 1.54) is 27.8 Å². The van der Waals surface area contributed by atoms with Crippen molar-refractivity contribution in [1.29, 1.82) is 0 Å². The third-order valence-electron chi connectivity index (χ3n) is 15.2. The maximum atomic E-state index is 15.2. The number of nitrogens with zero attached hydrogens (tertiary/aromatic N) is 1. The van der Waals surface area contributed by atoms with Gasteiger partial charge < -0.3 is 10.2 Å². The molecule has 2 spiro atoms. The Kier molecular flexibility index (Phi) is 8.78. The lowest BCUT2D eigenvalue weighted by Crippen LogP contribution is -2.67. The van der Waals surface area contributed by atoms with Crippen molar-refractivity contribution in [1.82, 2.24) is 4.31 Å². The van der Waals surface area contributed by atoms with Gasteiger partial charge in [0.05, 0.1) is 11.7 Å². The van der Waals surface area contributed by atoms with Crippen molar-refractivity contribution < 1.29 is 27.8 Å². The molecule has 3 saturated carbocycles. The van der Waals surface area contributed by atoms with E-state index in [-0.39, 0.29) is 57.3 Å². The van der Waals surface area contributed by atoms with Gasteiger partial charge in [-0.25, -0.2) is 12.8 Å². The zero-order valence-electron chi connectivity index (χ0n) is 31.2. The Hall–Kier alpha value is -3.18. The van der Waals surface area contributed by atoms with Crippen LogP contribution in [0.5, 0.6) is 0 Å². The van der Waals surface area contributed by atoms with Gasteiger partial charge in [-0.05, 0) is 102 Å². The lowest BCUT2D eigenvalue weighted by molar-refractivity contribution is -0.177. The van der Waals surface area contributed by atoms with Gasteiger partial charge in [0.15, 0.2) is 5.78 Å². The summed E-state index contributed by atoms with van der Waals surface area (Å²) in [5.74, 6) is -0.873. The standard InChI is InChI=1S/C45H47ClFNO5S2/c1-41-18-15-31(49)25-43(41)21-22-45(34(26-43)37(50)24-33-35(46)12-6-13-36(33)47)38(41)16-19-42(2)39(45)17-20-44(42,51)28-48(55(52,53)40-14-7-23-54-40)27-30-10-5-9-29-8-3-4-11-32(29)30/h3-14,21-23,26,31,38-39,49,51H,15-20,24-25,27-28H2,1-2H3. The molecule has 6 nitrogen and oxygen atoms in total. The highest BCUT2D eigenvalue weighted by atomic mass is 35.5. The minimum atomic E-state index is -4.01. The van der Waals surface area contributed by atoms with Crippen molar-refractivity contribution in [2.45, 2.75) is 87.7 Å². The lowest BCUT2D eigenvalue weighted by Gasteiger charge is -2.71. The molecule has 3 fully saturated rings. The van der Waals surface area contributed by atoms with Gasteiger partial charge in [-0.1, -0.05) is 98.3 Å². The van der Waals surface area contributed by atoms with Gasteiger partial charge >= 0.3 is 0 Å². The first-order chi connectivity index (χ1) is 26.2. The maximum absolute atomic E-state index is 15.2. The van der Waals surface area contributed by atoms with E-state index in [0.29, 0.717) is 37.7 Å². The van der Waals surface area contributed by atoms with Crippen molar-refractivity contribution >= 4 is 49.5 Å². The molecule has 6 aliphatic rings. The van der Waals surface area contributed by atoms with Crippen LogP contribution >= 0.6 is 22.9 Å². The monoisotopic (exact) mass is 799 g/mol. The number of thiophene rings is 1. The van der Waals surface area contributed by atoms with Crippen LogP contribution in [0.25, 0.3) is 10.8 Å². The molecule has 10 rings (SSSR count). The number of carbonyl (C=O) groups excluding carboxylic acids is 1. The highest BCUT2D eigenvalue weighted by Crippen LogP contribution is 2.78. The van der Waals surface area contributed by atoms with Gasteiger partial charge in [0.2, 0.25) is 0 Å². The van der Waals surface area contributed by atoms with Crippen molar-refractivity contribution in [3.8, 4) is 0 Å². The summed E-state index contributed by atoms with van der Waals surface area (Å²) >= 11 is 7.66. The second kappa shape index (κ2) is 12.9. The number of sulfonamides is 1. The van der Waals surface area contributed by atoms with E-state index in [2.05, 4.69) is 32.1 Å². The van der Waals surface area contributed by atoms with E-state index in [0.717, 1.165) is 29.2 Å². The molecule has 1 heterocycles. The van der Waals surface area contributed by atoms with E-state index in [4.69, 9.17) is 11.6 Å². The van der Waals surface area contributed by atoms with Crippen LogP contribution in [0.3, 0.4) is 0 Å². The third kappa shape index (κ3) is 5.32. The first-order valence-corrected chi connectivity index (χ1v) is 22.2. The van der Waals surface area contributed by atoms with Crippen molar-refractivity contribution in [2.24, 2.45) is 33.5 Å². The minimum absolute atomic E-state index is 0.0413. The molecule has 8 unspecified atom stereocenters. The fourth-order valence-electron chi connectivity index (χ4n) is 12.3. The van der Waals surface area contributed by atoms with E-state index in [1.54, 1.807) is 23.6 Å². The molecule has 10 heteroatoms. The van der Waals surface area contributed by atoms with Gasteiger partial charge in [0.25, 0.3) is 10.0 Å². The first-order valence-electron chi connectivity index (χ1n) is 19.5. The summed E-state index contributed by atoms with van der Waals surface area (Å²) in [7, 11) is -4.01. The van der Waals surface area contributed by atoms with Crippen molar-refractivity contribution in [3.63, 3.8) is 0 Å². The van der Waals surface area contributed by atoms with Gasteiger partial charge in [0.1, 0.15) is 10.0 Å². The molecule has 0 radical (unpaired) electrons. The molecular weight excluding hydrogens is 753 g/mol. The quantitative estimate of drug-likeness (QED) is 0.165. The molecule has 8 atom stereocenters. The molecule has 4 aromatic rings. The van der Waals surface area contributed by atoms with Gasteiger partial charge in [-0.3, -0.25) is 4.79 Å². The average molecular weight is 800 g/mol. The molecule has 1 aromatic heterocycles. The number of benzene rings is 3. The molecule has 0 amide bonds. The fraction of sp³-hybridized carbons (Fsp3) is 0.444. The van der Waals surface area contributed by atoms with Gasteiger partial charge in [-0.15, -0.1) is 11.3 Å². The molecule has 2 bridgehead atoms. The smallest absolute Gasteiger partial charge is 0.252 e. The fourth-order valence-corrected chi connectivity index (χ4v) is 15.1. The van der Waals surface area contributed by atoms with Crippen LogP contribution in [0.1, 0.15) is 69.9 Å². The van der Waals surface area contributed by atoms with Gasteiger partial charge in [-0.2, -0.15) is 4.31 Å². The summed E-state index contributed by atoms with van der Waals surface area (Å²) in [6.45, 7) is 4.42. The van der Waals surface area contributed by atoms with Crippen molar-refractivity contribution in [2.75, 3.05) is 6.54 Å². The minimum Gasteiger partial charge on any atom is -0.393 e. The van der Waals surface area contributed by atoms with Crippen molar-refractivity contribution in [3.05, 3.63) is 124 Å². The number of carbonyl (C=O) groups is 1. The Morgan fingerprint density at radius 2 is 1.65 bits per heavy atom. The Morgan fingerprint density at radius 3 is 2.44 bits per heavy atom. The second-order valence-corrected chi connectivity index (χ2v) is 21.0. The number of aliphatic hydroxyl groups excluding tert-OH is 1. The number of hydrogen-bond donors (Lipinski definition) is 2. The number of rotatable bonds is 9. The average Bonchev–Trinajstić information content (AvgIpc) is 3.80. The van der Waals surface area contributed by atoms with Crippen LogP contribution in [0.4, 0.5) is 4.39 Å². The highest BCUT2D eigenvalue weighted by Gasteiger charge is 2.74. The molecule has 288 valence electrons. The number of allylic oxidation sites excluding steroid dienone is 4. The number of ketones is 1. The van der Waals surface area contributed by atoms with Crippen LogP contribution in [0.2, 0.25) is 5.02 Å². The Morgan fingerprint density at radius 1 is 0.927 bits per heavy atom. The van der Waals surface area contributed by atoms with Crippen LogP contribution < -0.4 is 0 Å². The molecule has 6 aliphatic carbocycles. The molecule has 0 aliphatic heterocycles. The highest BCUT2D eigenvalue weighted by molar-refractivity contribution is 7.91. The molecule has 0 saturated heterocycles. The largest absolute Gasteiger partial charge is 0.393 e. The van der Waals surface area contributed by atoms with Crippen LogP contribution in [0, 0.1) is 39.3 Å². The van der Waals surface area contributed by atoms with E-state index in [1.807, 2.05) is 42.5 Å². The number of hydrogen-bond acceptors (Lipinski definition) is 6. The summed E-state index contributed by atoms with van der Waals surface area (Å²) in [5, 5.41) is 28.2. The molecule has 3 aromatic carbocycles. The zero-order chi connectivity index (χ0) is 38.6. The Labute approximate surface area is 331 Å².